The summed E-state index contributed by atoms with van der Waals surface area (Å²) in [6.45, 7) is 2.06. The van der Waals surface area contributed by atoms with Gasteiger partial charge in [-0.2, -0.15) is 4.98 Å². The van der Waals surface area contributed by atoms with Gasteiger partial charge in [0.15, 0.2) is 11.0 Å². The summed E-state index contributed by atoms with van der Waals surface area (Å²) in [5.41, 5.74) is 1.55. The Kier molecular flexibility index (Phi) is 4.87. The lowest BCUT2D eigenvalue weighted by Gasteiger charge is -2.01. The number of hydrogen-bond donors (Lipinski definition) is 1. The van der Waals surface area contributed by atoms with Crippen molar-refractivity contribution in [3.63, 3.8) is 0 Å². The van der Waals surface area contributed by atoms with E-state index in [-0.39, 0.29) is 5.56 Å². The molecule has 118 valence electrons. The Morgan fingerprint density at radius 2 is 2.04 bits per heavy atom. The molecule has 23 heavy (non-hydrogen) atoms. The summed E-state index contributed by atoms with van der Waals surface area (Å²) in [6, 6.07) is 11.1. The number of H-pyrrole nitrogens is 1. The minimum atomic E-state index is -0.135. The topological polar surface area (TPSA) is 84.7 Å². The first-order valence-electron chi connectivity index (χ1n) is 7.35. The number of aromatic nitrogens is 4. The van der Waals surface area contributed by atoms with Crippen molar-refractivity contribution >= 4 is 11.8 Å². The first-order chi connectivity index (χ1) is 11.2. The zero-order chi connectivity index (χ0) is 16.1. The van der Waals surface area contributed by atoms with E-state index in [0.29, 0.717) is 22.6 Å². The number of thioether (sulfide) groups is 1. The average Bonchev–Trinajstić information content (AvgIpc) is 3.03. The third-order valence-corrected chi connectivity index (χ3v) is 3.98. The molecule has 0 spiro atoms. The van der Waals surface area contributed by atoms with Gasteiger partial charge in [0, 0.05) is 17.3 Å². The second kappa shape index (κ2) is 7.23. The normalized spacial score (nSPS) is 10.8. The SMILES string of the molecule is CCCc1cc(=O)[nH]c(SCc2noc(-c3ccccc3)n2)n1. The van der Waals surface area contributed by atoms with Crippen molar-refractivity contribution in [3.8, 4) is 11.5 Å². The summed E-state index contributed by atoms with van der Waals surface area (Å²) in [5, 5.41) is 4.54. The van der Waals surface area contributed by atoms with Crippen LogP contribution in [0.3, 0.4) is 0 Å². The van der Waals surface area contributed by atoms with E-state index < -0.39 is 0 Å². The molecule has 0 aliphatic rings. The quantitative estimate of drug-likeness (QED) is 0.553. The number of aryl methyl sites for hydroxylation is 1. The molecule has 0 saturated carbocycles. The highest BCUT2D eigenvalue weighted by Gasteiger charge is 2.10. The molecule has 0 aliphatic carbocycles. The van der Waals surface area contributed by atoms with Crippen LogP contribution in [0.5, 0.6) is 0 Å². The third kappa shape index (κ3) is 4.07. The lowest BCUT2D eigenvalue weighted by atomic mass is 10.2. The smallest absolute Gasteiger partial charge is 0.257 e. The van der Waals surface area contributed by atoms with Crippen LogP contribution in [0.1, 0.15) is 24.9 Å². The number of rotatable bonds is 6. The fourth-order valence-electron chi connectivity index (χ4n) is 2.08. The maximum Gasteiger partial charge on any atom is 0.257 e. The van der Waals surface area contributed by atoms with Crippen molar-refractivity contribution in [1.82, 2.24) is 20.1 Å². The van der Waals surface area contributed by atoms with E-state index in [0.717, 1.165) is 24.1 Å². The molecule has 7 heteroatoms. The van der Waals surface area contributed by atoms with Crippen LogP contribution in [-0.2, 0) is 12.2 Å². The Morgan fingerprint density at radius 3 is 2.83 bits per heavy atom. The zero-order valence-corrected chi connectivity index (χ0v) is 13.5. The fourth-order valence-corrected chi connectivity index (χ4v) is 2.82. The van der Waals surface area contributed by atoms with E-state index in [2.05, 4.69) is 27.0 Å². The van der Waals surface area contributed by atoms with Crippen molar-refractivity contribution in [2.24, 2.45) is 0 Å². The van der Waals surface area contributed by atoms with Crippen LogP contribution in [0.2, 0.25) is 0 Å². The number of nitrogens with one attached hydrogen (secondary N) is 1. The molecule has 0 radical (unpaired) electrons. The molecule has 0 aliphatic heterocycles. The molecular formula is C16H16N4O2S. The molecule has 0 unspecified atom stereocenters. The van der Waals surface area contributed by atoms with E-state index in [1.54, 1.807) is 0 Å². The van der Waals surface area contributed by atoms with Gasteiger partial charge in [0.2, 0.25) is 0 Å². The van der Waals surface area contributed by atoms with Crippen LogP contribution in [0.25, 0.3) is 11.5 Å². The van der Waals surface area contributed by atoms with Crippen LogP contribution >= 0.6 is 11.8 Å². The van der Waals surface area contributed by atoms with Crippen molar-refractivity contribution in [3.05, 3.63) is 58.3 Å². The highest BCUT2D eigenvalue weighted by Crippen LogP contribution is 2.20. The van der Waals surface area contributed by atoms with Crippen molar-refractivity contribution < 1.29 is 4.52 Å². The lowest BCUT2D eigenvalue weighted by molar-refractivity contribution is 0.425. The molecule has 3 aromatic rings. The summed E-state index contributed by atoms with van der Waals surface area (Å²) >= 11 is 1.38. The van der Waals surface area contributed by atoms with Gasteiger partial charge >= 0.3 is 0 Å². The lowest BCUT2D eigenvalue weighted by Crippen LogP contribution is -2.10. The molecule has 0 saturated heterocycles. The fraction of sp³-hybridized carbons (Fsp3) is 0.250. The molecule has 0 amide bonds. The molecule has 2 aromatic heterocycles. The molecule has 0 fully saturated rings. The number of aromatic amines is 1. The predicted molar refractivity (Wildman–Crippen MR) is 88.1 cm³/mol. The van der Waals surface area contributed by atoms with E-state index >= 15 is 0 Å². The monoisotopic (exact) mass is 328 g/mol. The van der Waals surface area contributed by atoms with Gasteiger partial charge in [-0.1, -0.05) is 48.5 Å². The van der Waals surface area contributed by atoms with Gasteiger partial charge in [-0.3, -0.25) is 4.79 Å². The van der Waals surface area contributed by atoms with Crippen LogP contribution in [0.15, 0.2) is 50.9 Å². The molecule has 0 bridgehead atoms. The molecule has 3 rings (SSSR count). The molecule has 6 nitrogen and oxygen atoms in total. The summed E-state index contributed by atoms with van der Waals surface area (Å²) in [5.74, 6) is 1.54. The molecule has 1 aromatic carbocycles. The Balaban J connectivity index is 1.69. The van der Waals surface area contributed by atoms with E-state index in [4.69, 9.17) is 4.52 Å². The van der Waals surface area contributed by atoms with Crippen molar-refractivity contribution in [2.45, 2.75) is 30.7 Å². The summed E-state index contributed by atoms with van der Waals surface area (Å²) in [4.78, 5) is 23.1. The van der Waals surface area contributed by atoms with Gasteiger partial charge < -0.3 is 9.51 Å². The second-order valence-electron chi connectivity index (χ2n) is 4.96. The summed E-state index contributed by atoms with van der Waals surface area (Å²) in [6.07, 6.45) is 1.74. The molecular weight excluding hydrogens is 312 g/mol. The number of hydrogen-bond acceptors (Lipinski definition) is 6. The first kappa shape index (κ1) is 15.5. The number of nitrogens with zero attached hydrogens (tertiary/aromatic N) is 3. The highest BCUT2D eigenvalue weighted by atomic mass is 32.2. The third-order valence-electron chi connectivity index (χ3n) is 3.11. The van der Waals surface area contributed by atoms with Gasteiger partial charge in [0.05, 0.1) is 5.75 Å². The van der Waals surface area contributed by atoms with Crippen molar-refractivity contribution in [2.75, 3.05) is 0 Å². The Morgan fingerprint density at radius 1 is 1.22 bits per heavy atom. The van der Waals surface area contributed by atoms with Gasteiger partial charge in [-0.15, -0.1) is 0 Å². The Hall–Kier alpha value is -2.41. The predicted octanol–water partition coefficient (Wildman–Crippen LogP) is 3.06. The minimum Gasteiger partial charge on any atom is -0.334 e. The second-order valence-corrected chi connectivity index (χ2v) is 5.93. The van der Waals surface area contributed by atoms with E-state index in [1.165, 1.54) is 17.8 Å². The maximum absolute atomic E-state index is 11.6. The van der Waals surface area contributed by atoms with Gasteiger partial charge in [0.1, 0.15) is 0 Å². The van der Waals surface area contributed by atoms with Crippen LogP contribution in [-0.4, -0.2) is 20.1 Å². The maximum atomic E-state index is 11.6. The molecule has 2 heterocycles. The van der Waals surface area contributed by atoms with E-state index in [9.17, 15) is 4.79 Å². The van der Waals surface area contributed by atoms with Crippen molar-refractivity contribution in [1.29, 1.82) is 0 Å². The average molecular weight is 328 g/mol. The Bertz CT molecular complexity index is 829. The first-order valence-corrected chi connectivity index (χ1v) is 8.34. The van der Waals surface area contributed by atoms with E-state index in [1.807, 2.05) is 30.3 Å². The largest absolute Gasteiger partial charge is 0.334 e. The minimum absolute atomic E-state index is 0.135. The van der Waals surface area contributed by atoms with Crippen LogP contribution in [0.4, 0.5) is 0 Å². The standard InChI is InChI=1S/C16H16N4O2S/c1-2-6-12-9-14(21)19-16(17-12)23-10-13-18-15(22-20-13)11-7-4-3-5-8-11/h3-5,7-9H,2,6,10H2,1H3,(H,17,19,21). The Labute approximate surface area is 137 Å². The summed E-state index contributed by atoms with van der Waals surface area (Å²) < 4.78 is 5.26. The molecule has 1 N–H and O–H groups in total. The van der Waals surface area contributed by atoms with Gasteiger partial charge in [-0.05, 0) is 18.6 Å². The zero-order valence-electron chi connectivity index (χ0n) is 12.7. The van der Waals surface area contributed by atoms with Crippen LogP contribution in [0, 0.1) is 0 Å². The highest BCUT2D eigenvalue weighted by molar-refractivity contribution is 7.98. The summed E-state index contributed by atoms with van der Waals surface area (Å²) in [7, 11) is 0. The van der Waals surface area contributed by atoms with Gasteiger partial charge in [-0.25, -0.2) is 4.98 Å². The van der Waals surface area contributed by atoms with Gasteiger partial charge in [0.25, 0.3) is 11.4 Å². The molecule has 0 atom stereocenters. The van der Waals surface area contributed by atoms with Crippen LogP contribution < -0.4 is 5.56 Å². The number of benzene rings is 1.